The summed E-state index contributed by atoms with van der Waals surface area (Å²) >= 11 is 1.49. The summed E-state index contributed by atoms with van der Waals surface area (Å²) in [7, 11) is 0. The fourth-order valence-electron chi connectivity index (χ4n) is 4.94. The van der Waals surface area contributed by atoms with Gasteiger partial charge in [0.2, 0.25) is 5.91 Å². The van der Waals surface area contributed by atoms with Gasteiger partial charge in [0.1, 0.15) is 11.4 Å². The fraction of sp³-hybridized carbons (Fsp3) is 0.357. The van der Waals surface area contributed by atoms with Crippen LogP contribution in [0.3, 0.4) is 0 Å². The molecule has 6 heteroatoms. The van der Waals surface area contributed by atoms with Crippen LogP contribution in [-0.2, 0) is 21.5 Å². The van der Waals surface area contributed by atoms with E-state index >= 15 is 0 Å². The first-order valence-electron chi connectivity index (χ1n) is 11.9. The monoisotopic (exact) mass is 478 g/mol. The van der Waals surface area contributed by atoms with Gasteiger partial charge < -0.3 is 5.32 Å². The molecule has 0 spiro atoms. The van der Waals surface area contributed by atoms with Crippen LogP contribution >= 0.6 is 11.3 Å². The lowest BCUT2D eigenvalue weighted by atomic mass is 9.84. The Labute approximate surface area is 204 Å². The Morgan fingerprint density at radius 2 is 1.82 bits per heavy atom. The third kappa shape index (κ3) is 5.07. The topological polar surface area (TPSA) is 49.4 Å². The van der Waals surface area contributed by atoms with Crippen LogP contribution in [-0.4, -0.2) is 17.9 Å². The summed E-state index contributed by atoms with van der Waals surface area (Å²) in [5.41, 5.74) is 0.637. The molecule has 2 amide bonds. The second-order valence-corrected chi connectivity index (χ2v) is 10.2. The zero-order valence-electron chi connectivity index (χ0n) is 19.7. The first-order valence-corrected chi connectivity index (χ1v) is 12.8. The Bertz CT molecular complexity index is 1140. The number of anilines is 1. The van der Waals surface area contributed by atoms with Gasteiger partial charge in [-0.25, -0.2) is 4.39 Å². The van der Waals surface area contributed by atoms with Crippen molar-refractivity contribution in [1.82, 2.24) is 5.32 Å². The van der Waals surface area contributed by atoms with Crippen LogP contribution in [0.15, 0.2) is 66.0 Å². The summed E-state index contributed by atoms with van der Waals surface area (Å²) in [4.78, 5) is 30.4. The second kappa shape index (κ2) is 10.5. The van der Waals surface area contributed by atoms with Gasteiger partial charge in [0.15, 0.2) is 0 Å². The summed E-state index contributed by atoms with van der Waals surface area (Å²) in [5.74, 6) is -0.943. The molecule has 1 aliphatic carbocycles. The van der Waals surface area contributed by atoms with Crippen molar-refractivity contribution >= 4 is 28.8 Å². The number of amides is 2. The van der Waals surface area contributed by atoms with Crippen molar-refractivity contribution < 1.29 is 14.0 Å². The van der Waals surface area contributed by atoms with Crippen molar-refractivity contribution in [3.63, 3.8) is 0 Å². The Morgan fingerprint density at radius 1 is 1.06 bits per heavy atom. The van der Waals surface area contributed by atoms with Gasteiger partial charge in [-0.15, -0.1) is 11.3 Å². The number of carbonyl (C=O) groups excluding carboxylic acids is 2. The minimum Gasteiger partial charge on any atom is -0.351 e. The Kier molecular flexibility index (Phi) is 7.47. The van der Waals surface area contributed by atoms with E-state index in [4.69, 9.17) is 0 Å². The minimum atomic E-state index is -1.36. The maximum absolute atomic E-state index is 14.4. The van der Waals surface area contributed by atoms with Crippen molar-refractivity contribution in [2.75, 3.05) is 4.90 Å². The standard InChI is InChI=1S/C28H31FN2O2S/c1-20-10-6-7-16-25(20)28(2,27(33)30-22-12-4-3-5-13-22)31(23-14-8-11-21(29)18-23)26(32)19-24-15-9-17-34-24/h6-11,14-18,22H,3-5,12-13,19H2,1-2H3,(H,30,33). The van der Waals surface area contributed by atoms with Gasteiger partial charge >= 0.3 is 0 Å². The molecule has 1 N–H and O–H groups in total. The molecule has 1 heterocycles. The van der Waals surface area contributed by atoms with Crippen LogP contribution in [0.4, 0.5) is 10.1 Å². The fourth-order valence-corrected chi connectivity index (χ4v) is 5.64. The average molecular weight is 479 g/mol. The number of thiophene rings is 1. The summed E-state index contributed by atoms with van der Waals surface area (Å²) in [6, 6.07) is 17.4. The van der Waals surface area contributed by atoms with Gasteiger partial charge in [-0.1, -0.05) is 55.7 Å². The smallest absolute Gasteiger partial charge is 0.250 e. The third-order valence-electron chi connectivity index (χ3n) is 6.72. The van der Waals surface area contributed by atoms with Gasteiger partial charge in [0, 0.05) is 16.6 Å². The van der Waals surface area contributed by atoms with E-state index in [0.717, 1.165) is 41.7 Å². The van der Waals surface area contributed by atoms with Gasteiger partial charge in [0.05, 0.1) is 6.42 Å². The van der Waals surface area contributed by atoms with E-state index in [1.165, 1.54) is 34.8 Å². The predicted molar refractivity (Wildman–Crippen MR) is 135 cm³/mol. The highest BCUT2D eigenvalue weighted by Crippen LogP contribution is 2.37. The molecule has 1 fully saturated rings. The molecule has 0 bridgehead atoms. The van der Waals surface area contributed by atoms with Gasteiger partial charge in [0.25, 0.3) is 5.91 Å². The van der Waals surface area contributed by atoms with E-state index in [9.17, 15) is 14.0 Å². The lowest BCUT2D eigenvalue weighted by molar-refractivity contribution is -0.131. The molecule has 2 aromatic carbocycles. The minimum absolute atomic E-state index is 0.0753. The van der Waals surface area contributed by atoms with E-state index < -0.39 is 11.4 Å². The number of hydrogen-bond acceptors (Lipinski definition) is 3. The van der Waals surface area contributed by atoms with Gasteiger partial charge in [-0.3, -0.25) is 14.5 Å². The maximum atomic E-state index is 14.4. The number of hydrogen-bond donors (Lipinski definition) is 1. The molecule has 1 aromatic heterocycles. The molecule has 178 valence electrons. The normalized spacial score (nSPS) is 16.0. The van der Waals surface area contributed by atoms with Crippen LogP contribution in [0, 0.1) is 12.7 Å². The largest absolute Gasteiger partial charge is 0.351 e. The number of aryl methyl sites for hydroxylation is 1. The van der Waals surface area contributed by atoms with Crippen molar-refractivity contribution in [3.05, 3.63) is 87.9 Å². The van der Waals surface area contributed by atoms with Crippen molar-refractivity contribution in [3.8, 4) is 0 Å². The van der Waals surface area contributed by atoms with Crippen molar-refractivity contribution in [1.29, 1.82) is 0 Å². The number of nitrogens with zero attached hydrogens (tertiary/aromatic N) is 1. The van der Waals surface area contributed by atoms with E-state index in [0.29, 0.717) is 5.69 Å². The van der Waals surface area contributed by atoms with Gasteiger partial charge in [-0.05, 0) is 67.5 Å². The molecule has 0 saturated heterocycles. The molecule has 1 unspecified atom stereocenters. The molecule has 1 atom stereocenters. The zero-order chi connectivity index (χ0) is 24.1. The highest BCUT2D eigenvalue weighted by atomic mass is 32.1. The molecule has 0 radical (unpaired) electrons. The molecule has 1 saturated carbocycles. The second-order valence-electron chi connectivity index (χ2n) is 9.16. The van der Waals surface area contributed by atoms with Crippen molar-refractivity contribution in [2.45, 2.75) is 64.0 Å². The van der Waals surface area contributed by atoms with E-state index in [-0.39, 0.29) is 24.3 Å². The summed E-state index contributed by atoms with van der Waals surface area (Å²) in [5, 5.41) is 5.16. The lowest BCUT2D eigenvalue weighted by Gasteiger charge is -2.42. The third-order valence-corrected chi connectivity index (χ3v) is 7.60. The highest BCUT2D eigenvalue weighted by molar-refractivity contribution is 7.10. The Balaban J connectivity index is 1.83. The van der Waals surface area contributed by atoms with Crippen molar-refractivity contribution in [2.24, 2.45) is 0 Å². The number of carbonyl (C=O) groups is 2. The van der Waals surface area contributed by atoms with Crippen LogP contribution in [0.25, 0.3) is 0 Å². The lowest BCUT2D eigenvalue weighted by Crippen LogP contribution is -2.59. The quantitative estimate of drug-likeness (QED) is 0.444. The summed E-state index contributed by atoms with van der Waals surface area (Å²) in [6.07, 6.45) is 5.33. The summed E-state index contributed by atoms with van der Waals surface area (Å²) in [6.45, 7) is 3.72. The first-order chi connectivity index (χ1) is 16.4. The molecular weight excluding hydrogens is 447 g/mol. The zero-order valence-corrected chi connectivity index (χ0v) is 20.5. The molecule has 0 aliphatic heterocycles. The predicted octanol–water partition coefficient (Wildman–Crippen LogP) is 6.14. The van der Waals surface area contributed by atoms with Gasteiger partial charge in [-0.2, -0.15) is 0 Å². The number of nitrogens with one attached hydrogen (secondary N) is 1. The van der Waals surface area contributed by atoms with E-state index in [1.54, 1.807) is 19.1 Å². The molecule has 4 nitrogen and oxygen atoms in total. The summed E-state index contributed by atoms with van der Waals surface area (Å²) < 4.78 is 14.4. The van der Waals surface area contributed by atoms with Crippen LogP contribution in [0.2, 0.25) is 0 Å². The van der Waals surface area contributed by atoms with Crippen LogP contribution in [0.5, 0.6) is 0 Å². The Morgan fingerprint density at radius 3 is 2.50 bits per heavy atom. The first kappa shape index (κ1) is 24.1. The molecular formula is C28H31FN2O2S. The van der Waals surface area contributed by atoms with Crippen LogP contribution in [0.1, 0.15) is 55.0 Å². The molecule has 1 aliphatic rings. The van der Waals surface area contributed by atoms with E-state index in [1.807, 2.05) is 48.7 Å². The number of rotatable bonds is 7. The maximum Gasteiger partial charge on any atom is 0.250 e. The number of benzene rings is 2. The SMILES string of the molecule is Cc1ccccc1C(C)(C(=O)NC1CCCCC1)N(C(=O)Cc1cccs1)c1cccc(F)c1. The molecule has 34 heavy (non-hydrogen) atoms. The Hall–Kier alpha value is -2.99. The average Bonchev–Trinajstić information content (AvgIpc) is 3.33. The van der Waals surface area contributed by atoms with E-state index in [2.05, 4.69) is 5.32 Å². The van der Waals surface area contributed by atoms with Crippen LogP contribution < -0.4 is 10.2 Å². The highest BCUT2D eigenvalue weighted by Gasteiger charge is 2.46. The molecule has 3 aromatic rings. The molecule has 4 rings (SSSR count). The number of halogens is 1.